The second-order valence-electron chi connectivity index (χ2n) is 4.61. The van der Waals surface area contributed by atoms with Gasteiger partial charge in [0.05, 0.1) is 28.7 Å². The summed E-state index contributed by atoms with van der Waals surface area (Å²) in [4.78, 5) is 22.9. The van der Waals surface area contributed by atoms with E-state index < -0.39 is 16.9 Å². The molecule has 0 aromatic heterocycles. The molecule has 0 saturated heterocycles. The number of ether oxygens (including phenoxy) is 1. The largest absolute Gasteiger partial charge is 0.463 e. The zero-order valence-electron chi connectivity index (χ0n) is 12.1. The fraction of sp³-hybridized carbons (Fsp3) is 0.286. The summed E-state index contributed by atoms with van der Waals surface area (Å²) in [7, 11) is 0. The topological polar surface area (TPSA) is 93.5 Å². The van der Waals surface area contributed by atoms with Crippen LogP contribution in [0.1, 0.15) is 25.5 Å². The fourth-order valence-corrected chi connectivity index (χ4v) is 2.58. The van der Waals surface area contributed by atoms with Crippen molar-refractivity contribution in [3.8, 4) is 0 Å². The highest BCUT2D eigenvalue weighted by atomic mass is 32.1. The minimum absolute atomic E-state index is 0.0840. The maximum absolute atomic E-state index is 12.2. The van der Waals surface area contributed by atoms with E-state index in [1.54, 1.807) is 32.0 Å². The van der Waals surface area contributed by atoms with E-state index in [2.05, 4.69) is 10.6 Å². The molecular formula is C14H15N3O4S. The van der Waals surface area contributed by atoms with Crippen LogP contribution in [-0.2, 0) is 9.53 Å². The van der Waals surface area contributed by atoms with Crippen LogP contribution in [0.15, 0.2) is 35.5 Å². The fourth-order valence-electron chi connectivity index (χ4n) is 2.30. The molecule has 0 bridgehead atoms. The molecule has 22 heavy (non-hydrogen) atoms. The van der Waals surface area contributed by atoms with Gasteiger partial charge in [0.2, 0.25) is 0 Å². The number of nitrogens with zero attached hydrogens (tertiary/aromatic N) is 1. The molecule has 1 heterocycles. The maximum Gasteiger partial charge on any atom is 0.338 e. The number of benzene rings is 1. The van der Waals surface area contributed by atoms with Crippen LogP contribution in [-0.4, -0.2) is 22.6 Å². The van der Waals surface area contributed by atoms with Crippen LogP contribution in [0.25, 0.3) is 0 Å². The molecule has 0 saturated carbocycles. The summed E-state index contributed by atoms with van der Waals surface area (Å²) in [5.74, 6) is -0.536. The van der Waals surface area contributed by atoms with Crippen LogP contribution in [0, 0.1) is 10.1 Å². The van der Waals surface area contributed by atoms with E-state index in [9.17, 15) is 14.9 Å². The zero-order chi connectivity index (χ0) is 16.3. The Hall–Kier alpha value is -2.48. The lowest BCUT2D eigenvalue weighted by Crippen LogP contribution is -2.45. The third-order valence-electron chi connectivity index (χ3n) is 3.21. The van der Waals surface area contributed by atoms with Crippen molar-refractivity contribution in [2.24, 2.45) is 0 Å². The minimum atomic E-state index is -0.727. The zero-order valence-corrected chi connectivity index (χ0v) is 12.9. The van der Waals surface area contributed by atoms with Crippen molar-refractivity contribution >= 4 is 29.0 Å². The number of rotatable bonds is 4. The first-order chi connectivity index (χ1) is 10.5. The Morgan fingerprint density at radius 2 is 2.14 bits per heavy atom. The predicted molar refractivity (Wildman–Crippen MR) is 84.0 cm³/mol. The number of nitro benzene ring substituents is 1. The molecule has 116 valence electrons. The first-order valence-corrected chi connectivity index (χ1v) is 7.05. The quantitative estimate of drug-likeness (QED) is 0.379. The number of hydrogen-bond donors (Lipinski definition) is 2. The minimum Gasteiger partial charge on any atom is -0.463 e. The van der Waals surface area contributed by atoms with Gasteiger partial charge in [0, 0.05) is 11.8 Å². The van der Waals surface area contributed by atoms with Gasteiger partial charge in [-0.2, -0.15) is 0 Å². The Morgan fingerprint density at radius 3 is 2.77 bits per heavy atom. The van der Waals surface area contributed by atoms with Gasteiger partial charge < -0.3 is 15.4 Å². The summed E-state index contributed by atoms with van der Waals surface area (Å²) >= 11 is 5.09. The number of carbonyl (C=O) groups is 1. The van der Waals surface area contributed by atoms with Gasteiger partial charge in [-0.05, 0) is 32.1 Å². The molecule has 0 aliphatic carbocycles. The number of esters is 1. The van der Waals surface area contributed by atoms with Crippen molar-refractivity contribution in [2.45, 2.75) is 19.9 Å². The van der Waals surface area contributed by atoms with Crippen LogP contribution >= 0.6 is 12.2 Å². The average molecular weight is 321 g/mol. The summed E-state index contributed by atoms with van der Waals surface area (Å²) in [6.07, 6.45) is 0. The molecule has 0 fully saturated rings. The first kappa shape index (κ1) is 15.9. The number of thiocarbonyl (C=S) groups is 1. The van der Waals surface area contributed by atoms with Gasteiger partial charge in [-0.1, -0.05) is 12.1 Å². The van der Waals surface area contributed by atoms with Crippen LogP contribution in [0.2, 0.25) is 0 Å². The number of carbonyl (C=O) groups excluding carboxylic acids is 1. The average Bonchev–Trinajstić information content (AvgIpc) is 2.46. The number of nitrogens with one attached hydrogen (secondary N) is 2. The van der Waals surface area contributed by atoms with E-state index >= 15 is 0 Å². The summed E-state index contributed by atoms with van der Waals surface area (Å²) < 4.78 is 5.05. The Balaban J connectivity index is 2.55. The highest BCUT2D eigenvalue weighted by molar-refractivity contribution is 7.80. The highest BCUT2D eigenvalue weighted by Crippen LogP contribution is 2.33. The SMILES string of the molecule is CCOC(=O)C1=C(C)NC(=S)NC1c1ccccc1[N+](=O)[O-]. The number of allylic oxidation sites excluding steroid dienone is 1. The second-order valence-corrected chi connectivity index (χ2v) is 5.01. The van der Waals surface area contributed by atoms with Crippen molar-refractivity contribution in [1.82, 2.24) is 10.6 Å². The lowest BCUT2D eigenvalue weighted by Gasteiger charge is -2.29. The third-order valence-corrected chi connectivity index (χ3v) is 3.43. The molecule has 1 unspecified atom stereocenters. The predicted octanol–water partition coefficient (Wildman–Crippen LogP) is 1.95. The van der Waals surface area contributed by atoms with E-state index in [-0.39, 0.29) is 17.9 Å². The Kier molecular flexibility index (Phi) is 4.71. The normalized spacial score (nSPS) is 17.5. The molecule has 1 aliphatic heterocycles. The van der Waals surface area contributed by atoms with Gasteiger partial charge in [-0.3, -0.25) is 10.1 Å². The van der Waals surface area contributed by atoms with Crippen molar-refractivity contribution in [1.29, 1.82) is 0 Å². The van der Waals surface area contributed by atoms with E-state index in [1.807, 2.05) is 0 Å². The monoisotopic (exact) mass is 321 g/mol. The van der Waals surface area contributed by atoms with Crippen LogP contribution in [0.3, 0.4) is 0 Å². The van der Waals surface area contributed by atoms with Crippen LogP contribution in [0.4, 0.5) is 5.69 Å². The summed E-state index contributed by atoms with van der Waals surface area (Å²) in [5.41, 5.74) is 1.08. The lowest BCUT2D eigenvalue weighted by atomic mass is 9.94. The van der Waals surface area contributed by atoms with Crippen molar-refractivity contribution < 1.29 is 14.5 Å². The molecule has 1 aromatic carbocycles. The maximum atomic E-state index is 12.2. The summed E-state index contributed by atoms with van der Waals surface area (Å²) in [6.45, 7) is 3.59. The van der Waals surface area contributed by atoms with Crippen molar-refractivity contribution in [3.63, 3.8) is 0 Å². The summed E-state index contributed by atoms with van der Waals surface area (Å²) in [6, 6.07) is 5.50. The van der Waals surface area contributed by atoms with Gasteiger partial charge in [-0.15, -0.1) is 0 Å². The third kappa shape index (κ3) is 3.06. The molecular weight excluding hydrogens is 306 g/mol. The molecule has 1 aliphatic rings. The first-order valence-electron chi connectivity index (χ1n) is 6.64. The molecule has 0 radical (unpaired) electrons. The van der Waals surface area contributed by atoms with Gasteiger partial charge >= 0.3 is 5.97 Å². The van der Waals surface area contributed by atoms with Crippen LogP contribution < -0.4 is 10.6 Å². The Labute approximate surface area is 132 Å². The Bertz CT molecular complexity index is 672. The molecule has 1 atom stereocenters. The van der Waals surface area contributed by atoms with Crippen LogP contribution in [0.5, 0.6) is 0 Å². The molecule has 2 N–H and O–H groups in total. The lowest BCUT2D eigenvalue weighted by molar-refractivity contribution is -0.385. The van der Waals surface area contributed by atoms with E-state index in [1.165, 1.54) is 6.07 Å². The van der Waals surface area contributed by atoms with E-state index in [0.717, 1.165) is 0 Å². The smallest absolute Gasteiger partial charge is 0.338 e. The van der Waals surface area contributed by atoms with Crippen molar-refractivity contribution in [2.75, 3.05) is 6.61 Å². The number of nitro groups is 1. The van der Waals surface area contributed by atoms with Gasteiger partial charge in [0.15, 0.2) is 5.11 Å². The van der Waals surface area contributed by atoms with E-state index in [4.69, 9.17) is 17.0 Å². The Morgan fingerprint density at radius 1 is 1.45 bits per heavy atom. The standard InChI is InChI=1S/C14H15N3O4S/c1-3-21-13(18)11-8(2)15-14(22)16-12(11)9-6-4-5-7-10(9)17(19)20/h4-7,12H,3H2,1-2H3,(H2,15,16,22). The number of hydrogen-bond acceptors (Lipinski definition) is 5. The second kappa shape index (κ2) is 6.52. The number of para-hydroxylation sites is 1. The molecule has 8 heteroatoms. The molecule has 0 spiro atoms. The van der Waals surface area contributed by atoms with Gasteiger partial charge in [0.1, 0.15) is 0 Å². The highest BCUT2D eigenvalue weighted by Gasteiger charge is 2.34. The van der Waals surface area contributed by atoms with Gasteiger partial charge in [0.25, 0.3) is 5.69 Å². The van der Waals surface area contributed by atoms with Gasteiger partial charge in [-0.25, -0.2) is 4.79 Å². The summed E-state index contributed by atoms with van der Waals surface area (Å²) in [5, 5.41) is 17.3. The molecule has 0 amide bonds. The van der Waals surface area contributed by atoms with E-state index in [0.29, 0.717) is 16.4 Å². The molecule has 1 aromatic rings. The van der Waals surface area contributed by atoms with Crippen molar-refractivity contribution in [3.05, 3.63) is 51.2 Å². The molecule has 2 rings (SSSR count). The molecule has 7 nitrogen and oxygen atoms in total.